The van der Waals surface area contributed by atoms with Gasteiger partial charge < -0.3 is 9.47 Å². The lowest BCUT2D eigenvalue weighted by Crippen LogP contribution is -2.01. The zero-order valence-electron chi connectivity index (χ0n) is 11.9. The summed E-state index contributed by atoms with van der Waals surface area (Å²) in [5, 5.41) is 0. The SMILES string of the molecule is COc1ccc(COC(=O)/C=C/c2ccc(Br)cc2)cc1F. The fraction of sp³-hybridized carbons (Fsp3) is 0.118. The minimum Gasteiger partial charge on any atom is -0.494 e. The Kier molecular flexibility index (Phi) is 5.72. The van der Waals surface area contributed by atoms with Gasteiger partial charge in [-0.15, -0.1) is 0 Å². The van der Waals surface area contributed by atoms with E-state index < -0.39 is 11.8 Å². The lowest BCUT2D eigenvalue weighted by atomic mass is 10.2. The number of hydrogen-bond acceptors (Lipinski definition) is 3. The number of methoxy groups -OCH3 is 1. The first-order chi connectivity index (χ1) is 10.6. The van der Waals surface area contributed by atoms with Crippen LogP contribution in [0.25, 0.3) is 6.08 Å². The summed E-state index contributed by atoms with van der Waals surface area (Å²) in [6, 6.07) is 11.9. The third-order valence-corrected chi connectivity index (χ3v) is 3.41. The van der Waals surface area contributed by atoms with Crippen molar-refractivity contribution in [3.8, 4) is 5.75 Å². The maximum Gasteiger partial charge on any atom is 0.331 e. The van der Waals surface area contributed by atoms with Gasteiger partial charge in [0.05, 0.1) is 7.11 Å². The predicted octanol–water partition coefficient (Wildman–Crippen LogP) is 4.35. The van der Waals surface area contributed by atoms with Crippen LogP contribution >= 0.6 is 15.9 Å². The van der Waals surface area contributed by atoms with Crippen molar-refractivity contribution in [1.82, 2.24) is 0 Å². The van der Waals surface area contributed by atoms with Crippen molar-refractivity contribution >= 4 is 28.0 Å². The molecule has 0 saturated heterocycles. The molecule has 114 valence electrons. The van der Waals surface area contributed by atoms with E-state index in [9.17, 15) is 9.18 Å². The number of carbonyl (C=O) groups excluding carboxylic acids is 1. The number of benzene rings is 2. The van der Waals surface area contributed by atoms with Crippen molar-refractivity contribution in [2.24, 2.45) is 0 Å². The maximum absolute atomic E-state index is 13.5. The molecule has 0 saturated carbocycles. The molecule has 0 aliphatic rings. The van der Waals surface area contributed by atoms with Gasteiger partial charge in [-0.25, -0.2) is 9.18 Å². The molecular formula is C17H14BrFO3. The molecule has 0 N–H and O–H groups in total. The lowest BCUT2D eigenvalue weighted by Gasteiger charge is -2.05. The summed E-state index contributed by atoms with van der Waals surface area (Å²) in [6.07, 6.45) is 2.99. The van der Waals surface area contributed by atoms with Gasteiger partial charge in [-0.2, -0.15) is 0 Å². The molecule has 5 heteroatoms. The monoisotopic (exact) mass is 364 g/mol. The van der Waals surface area contributed by atoms with E-state index in [1.165, 1.54) is 25.3 Å². The smallest absolute Gasteiger partial charge is 0.331 e. The Morgan fingerprint density at radius 2 is 1.95 bits per heavy atom. The molecular weight excluding hydrogens is 351 g/mol. The van der Waals surface area contributed by atoms with E-state index in [2.05, 4.69) is 15.9 Å². The first kappa shape index (κ1) is 16.2. The Bertz CT molecular complexity index is 681. The van der Waals surface area contributed by atoms with Crippen LogP contribution in [0.5, 0.6) is 5.75 Å². The van der Waals surface area contributed by atoms with Gasteiger partial charge >= 0.3 is 5.97 Å². The minimum atomic E-state index is -0.487. The predicted molar refractivity (Wildman–Crippen MR) is 85.9 cm³/mol. The Morgan fingerprint density at radius 3 is 2.59 bits per heavy atom. The Morgan fingerprint density at radius 1 is 1.23 bits per heavy atom. The summed E-state index contributed by atoms with van der Waals surface area (Å²) in [6.45, 7) is 0.00439. The highest BCUT2D eigenvalue weighted by Gasteiger charge is 2.05. The molecule has 22 heavy (non-hydrogen) atoms. The van der Waals surface area contributed by atoms with Crippen LogP contribution in [-0.2, 0) is 16.1 Å². The molecule has 0 amide bonds. The van der Waals surface area contributed by atoms with Gasteiger partial charge in [0.2, 0.25) is 0 Å². The molecule has 2 aromatic carbocycles. The summed E-state index contributed by atoms with van der Waals surface area (Å²) in [5.41, 5.74) is 1.44. The molecule has 2 aromatic rings. The molecule has 2 rings (SSSR count). The average Bonchev–Trinajstić information content (AvgIpc) is 2.52. The number of halogens is 2. The van der Waals surface area contributed by atoms with E-state index in [0.29, 0.717) is 5.56 Å². The average molecular weight is 365 g/mol. The third-order valence-electron chi connectivity index (χ3n) is 2.88. The number of hydrogen-bond donors (Lipinski definition) is 0. The maximum atomic E-state index is 13.5. The number of rotatable bonds is 5. The second-order valence-corrected chi connectivity index (χ2v) is 5.38. The minimum absolute atomic E-state index is 0.00439. The molecule has 0 radical (unpaired) electrons. The van der Waals surface area contributed by atoms with Gasteiger partial charge in [-0.3, -0.25) is 0 Å². The fourth-order valence-corrected chi connectivity index (χ4v) is 2.00. The number of carbonyl (C=O) groups is 1. The van der Waals surface area contributed by atoms with E-state index in [0.717, 1.165) is 10.0 Å². The molecule has 0 atom stereocenters. The van der Waals surface area contributed by atoms with E-state index in [1.54, 1.807) is 12.1 Å². The Balaban J connectivity index is 1.90. The molecule has 0 aliphatic carbocycles. The highest BCUT2D eigenvalue weighted by molar-refractivity contribution is 9.10. The first-order valence-corrected chi connectivity index (χ1v) is 7.30. The summed E-state index contributed by atoms with van der Waals surface area (Å²) >= 11 is 3.34. The topological polar surface area (TPSA) is 35.5 Å². The molecule has 3 nitrogen and oxygen atoms in total. The van der Waals surface area contributed by atoms with Crippen molar-refractivity contribution in [3.63, 3.8) is 0 Å². The molecule has 0 bridgehead atoms. The first-order valence-electron chi connectivity index (χ1n) is 6.51. The molecule has 0 unspecified atom stereocenters. The summed E-state index contributed by atoms with van der Waals surface area (Å²) in [4.78, 5) is 11.6. The van der Waals surface area contributed by atoms with Crippen LogP contribution in [0.2, 0.25) is 0 Å². The van der Waals surface area contributed by atoms with Crippen LogP contribution < -0.4 is 4.74 Å². The van der Waals surface area contributed by atoms with Crippen molar-refractivity contribution in [3.05, 3.63) is 70.0 Å². The fourth-order valence-electron chi connectivity index (χ4n) is 1.74. The highest BCUT2D eigenvalue weighted by Crippen LogP contribution is 2.18. The van der Waals surface area contributed by atoms with Crippen LogP contribution in [-0.4, -0.2) is 13.1 Å². The van der Waals surface area contributed by atoms with Crippen molar-refractivity contribution < 1.29 is 18.7 Å². The van der Waals surface area contributed by atoms with Crippen LogP contribution in [0.15, 0.2) is 53.0 Å². The third kappa shape index (κ3) is 4.70. The zero-order chi connectivity index (χ0) is 15.9. The van der Waals surface area contributed by atoms with Crippen molar-refractivity contribution in [1.29, 1.82) is 0 Å². The van der Waals surface area contributed by atoms with Gasteiger partial charge in [0, 0.05) is 10.5 Å². The normalized spacial score (nSPS) is 10.7. The van der Waals surface area contributed by atoms with Gasteiger partial charge in [0.15, 0.2) is 11.6 Å². The summed E-state index contributed by atoms with van der Waals surface area (Å²) in [7, 11) is 1.39. The standard InChI is InChI=1S/C17H14BrFO3/c1-21-16-8-4-13(10-15(16)19)11-22-17(20)9-5-12-2-6-14(18)7-3-12/h2-10H,11H2,1H3/b9-5+. The van der Waals surface area contributed by atoms with E-state index >= 15 is 0 Å². The van der Waals surface area contributed by atoms with Gasteiger partial charge in [-0.1, -0.05) is 34.1 Å². The van der Waals surface area contributed by atoms with E-state index in [4.69, 9.17) is 9.47 Å². The van der Waals surface area contributed by atoms with Gasteiger partial charge in [-0.05, 0) is 41.5 Å². The van der Waals surface area contributed by atoms with Gasteiger partial charge in [0.1, 0.15) is 6.61 Å². The largest absolute Gasteiger partial charge is 0.494 e. The summed E-state index contributed by atoms with van der Waals surface area (Å²) in [5.74, 6) is -0.814. The molecule has 0 heterocycles. The van der Waals surface area contributed by atoms with Crippen molar-refractivity contribution in [2.75, 3.05) is 7.11 Å². The van der Waals surface area contributed by atoms with Crippen LogP contribution in [0.1, 0.15) is 11.1 Å². The molecule has 0 fully saturated rings. The highest BCUT2D eigenvalue weighted by atomic mass is 79.9. The second kappa shape index (κ2) is 7.75. The Hall–Kier alpha value is -2.14. The zero-order valence-corrected chi connectivity index (χ0v) is 13.5. The molecule has 0 aromatic heterocycles. The van der Waals surface area contributed by atoms with E-state index in [1.807, 2.05) is 24.3 Å². The lowest BCUT2D eigenvalue weighted by molar-refractivity contribution is -0.138. The van der Waals surface area contributed by atoms with Crippen LogP contribution in [0, 0.1) is 5.82 Å². The van der Waals surface area contributed by atoms with E-state index in [-0.39, 0.29) is 12.4 Å². The van der Waals surface area contributed by atoms with Crippen molar-refractivity contribution in [2.45, 2.75) is 6.61 Å². The van der Waals surface area contributed by atoms with Crippen LogP contribution in [0.4, 0.5) is 4.39 Å². The molecule has 0 aliphatic heterocycles. The number of esters is 1. The Labute approximate surface area is 136 Å². The number of ether oxygens (including phenoxy) is 2. The second-order valence-electron chi connectivity index (χ2n) is 4.46. The van der Waals surface area contributed by atoms with Crippen LogP contribution in [0.3, 0.4) is 0 Å². The quantitative estimate of drug-likeness (QED) is 0.584. The van der Waals surface area contributed by atoms with Gasteiger partial charge in [0.25, 0.3) is 0 Å². The molecule has 0 spiro atoms. The summed E-state index contributed by atoms with van der Waals surface area (Å²) < 4.78 is 24.3.